The van der Waals surface area contributed by atoms with Crippen LogP contribution >= 0.6 is 22.6 Å². The first-order chi connectivity index (χ1) is 11.0. The number of fused-ring (bicyclic) bond motifs is 1. The number of aromatic nitrogens is 1. The minimum absolute atomic E-state index is 0.168. The third-order valence-corrected chi connectivity index (χ3v) is 5.68. The summed E-state index contributed by atoms with van der Waals surface area (Å²) in [5.41, 5.74) is 1.06. The van der Waals surface area contributed by atoms with Crippen LogP contribution in [0.2, 0.25) is 0 Å². The topological polar surface area (TPSA) is 68.3 Å². The highest BCUT2D eigenvalue weighted by molar-refractivity contribution is 14.1. The number of para-hydroxylation sites is 1. The average Bonchev–Trinajstić information content (AvgIpc) is 2.55. The van der Waals surface area contributed by atoms with E-state index in [1.54, 1.807) is 36.5 Å². The number of hydrogen-bond donors (Lipinski definition) is 1. The number of pyridine rings is 1. The monoisotopic (exact) mass is 440 g/mol. The molecule has 1 heterocycles. The van der Waals surface area contributed by atoms with Gasteiger partial charge in [-0.2, -0.15) is 0 Å². The first-order valence-corrected chi connectivity index (χ1v) is 9.28. The number of methoxy groups -OCH3 is 1. The third kappa shape index (κ3) is 3.11. The van der Waals surface area contributed by atoms with Crippen LogP contribution in [-0.4, -0.2) is 20.5 Å². The number of hydrogen-bond acceptors (Lipinski definition) is 4. The molecule has 0 saturated heterocycles. The minimum atomic E-state index is -3.74. The summed E-state index contributed by atoms with van der Waals surface area (Å²) in [5, 5.41) is 0.519. The van der Waals surface area contributed by atoms with Gasteiger partial charge in [0, 0.05) is 15.2 Å². The fourth-order valence-electron chi connectivity index (χ4n) is 2.26. The van der Waals surface area contributed by atoms with Crippen molar-refractivity contribution in [3.63, 3.8) is 0 Å². The van der Waals surface area contributed by atoms with E-state index in [4.69, 9.17) is 4.74 Å². The highest BCUT2D eigenvalue weighted by Crippen LogP contribution is 2.30. The number of nitrogens with one attached hydrogen (secondary N) is 1. The van der Waals surface area contributed by atoms with E-state index in [9.17, 15) is 8.42 Å². The fraction of sp³-hybridized carbons (Fsp3) is 0.0625. The van der Waals surface area contributed by atoms with Crippen LogP contribution < -0.4 is 9.46 Å². The number of nitrogens with zero attached hydrogens (tertiary/aromatic N) is 1. The molecule has 3 rings (SSSR count). The quantitative estimate of drug-likeness (QED) is 0.630. The molecule has 0 atom stereocenters. The average molecular weight is 440 g/mol. The lowest BCUT2D eigenvalue weighted by Gasteiger charge is -2.13. The molecule has 23 heavy (non-hydrogen) atoms. The molecule has 5 nitrogen and oxygen atoms in total. The van der Waals surface area contributed by atoms with Gasteiger partial charge in [0.15, 0.2) is 0 Å². The largest absolute Gasteiger partial charge is 0.494 e. The van der Waals surface area contributed by atoms with Gasteiger partial charge in [-0.25, -0.2) is 8.42 Å². The zero-order valence-electron chi connectivity index (χ0n) is 12.2. The van der Waals surface area contributed by atoms with Crippen molar-refractivity contribution < 1.29 is 13.2 Å². The molecule has 0 aliphatic rings. The Morgan fingerprint density at radius 3 is 2.61 bits per heavy atom. The molecule has 0 bridgehead atoms. The van der Waals surface area contributed by atoms with Gasteiger partial charge in [0.05, 0.1) is 17.7 Å². The summed E-state index contributed by atoms with van der Waals surface area (Å²) in [4.78, 5) is 4.40. The molecule has 0 radical (unpaired) electrons. The van der Waals surface area contributed by atoms with E-state index in [0.29, 0.717) is 22.3 Å². The summed E-state index contributed by atoms with van der Waals surface area (Å²) in [6.45, 7) is 0. The Balaban J connectivity index is 2.14. The number of sulfonamides is 1. The van der Waals surface area contributed by atoms with Gasteiger partial charge >= 0.3 is 0 Å². The van der Waals surface area contributed by atoms with Crippen LogP contribution in [0.15, 0.2) is 59.6 Å². The van der Waals surface area contributed by atoms with Crippen molar-refractivity contribution in [1.29, 1.82) is 0 Å². The normalized spacial score (nSPS) is 11.4. The molecule has 2 aromatic carbocycles. The maximum Gasteiger partial charge on any atom is 0.262 e. The Kier molecular flexibility index (Phi) is 4.40. The van der Waals surface area contributed by atoms with E-state index in [1.165, 1.54) is 13.2 Å². The lowest BCUT2D eigenvalue weighted by Crippen LogP contribution is -2.14. The number of ether oxygens (including phenoxy) is 1. The Labute approximate surface area is 147 Å². The van der Waals surface area contributed by atoms with Gasteiger partial charge in [0.2, 0.25) is 0 Å². The van der Waals surface area contributed by atoms with Crippen molar-refractivity contribution in [2.24, 2.45) is 0 Å². The molecule has 0 aliphatic heterocycles. The summed E-state index contributed by atoms with van der Waals surface area (Å²) in [7, 11) is -2.21. The van der Waals surface area contributed by atoms with Gasteiger partial charge < -0.3 is 4.74 Å². The fourth-order valence-corrected chi connectivity index (χ4v) is 4.25. The second-order valence-electron chi connectivity index (χ2n) is 4.75. The molecular formula is C16H13IN2O3S. The number of halogens is 1. The lowest BCUT2D eigenvalue weighted by molar-refractivity contribution is 0.418. The minimum Gasteiger partial charge on any atom is -0.494 e. The van der Waals surface area contributed by atoms with Crippen LogP contribution in [0.4, 0.5) is 5.69 Å². The van der Waals surface area contributed by atoms with Crippen molar-refractivity contribution >= 4 is 49.2 Å². The molecule has 7 heteroatoms. The molecule has 0 spiro atoms. The standard InChI is InChI=1S/C16H13IN2O3S/c1-22-14-8-9-15(11-5-4-10-18-16(11)14)23(20,21)19-13-7-3-2-6-12(13)17/h2-10,19H,1H3. The smallest absolute Gasteiger partial charge is 0.262 e. The van der Waals surface area contributed by atoms with Gasteiger partial charge in [-0.1, -0.05) is 12.1 Å². The van der Waals surface area contributed by atoms with Crippen LogP contribution in [0, 0.1) is 3.57 Å². The van der Waals surface area contributed by atoms with E-state index < -0.39 is 10.0 Å². The molecule has 1 N–H and O–H groups in total. The summed E-state index contributed by atoms with van der Waals surface area (Å²) in [6.07, 6.45) is 1.61. The molecule has 1 aromatic heterocycles. The molecule has 0 fully saturated rings. The SMILES string of the molecule is COc1ccc(S(=O)(=O)Nc2ccccc2I)c2cccnc12. The first kappa shape index (κ1) is 16.0. The summed E-state index contributed by atoms with van der Waals surface area (Å²) >= 11 is 2.09. The maximum atomic E-state index is 12.8. The highest BCUT2D eigenvalue weighted by Gasteiger charge is 2.20. The van der Waals surface area contributed by atoms with Crippen LogP contribution in [0.3, 0.4) is 0 Å². The highest BCUT2D eigenvalue weighted by atomic mass is 127. The van der Waals surface area contributed by atoms with Crippen LogP contribution in [0.25, 0.3) is 10.9 Å². The number of anilines is 1. The van der Waals surface area contributed by atoms with Crippen molar-refractivity contribution in [2.45, 2.75) is 4.90 Å². The van der Waals surface area contributed by atoms with E-state index >= 15 is 0 Å². The van der Waals surface area contributed by atoms with Gasteiger partial charge in [-0.05, 0) is 59.0 Å². The van der Waals surface area contributed by atoms with E-state index in [1.807, 2.05) is 12.1 Å². The third-order valence-electron chi connectivity index (χ3n) is 3.32. The Bertz CT molecular complexity index is 974. The molecule has 3 aromatic rings. The molecule has 0 amide bonds. The predicted molar refractivity (Wildman–Crippen MR) is 98.3 cm³/mol. The Morgan fingerprint density at radius 2 is 1.87 bits per heavy atom. The van der Waals surface area contributed by atoms with Crippen LogP contribution in [0.1, 0.15) is 0 Å². The maximum absolute atomic E-state index is 12.8. The van der Waals surface area contributed by atoms with Crippen molar-refractivity contribution in [3.05, 3.63) is 58.3 Å². The number of rotatable bonds is 4. The van der Waals surface area contributed by atoms with Crippen molar-refractivity contribution in [3.8, 4) is 5.75 Å². The summed E-state index contributed by atoms with van der Waals surface area (Å²) in [5.74, 6) is 0.536. The second-order valence-corrected chi connectivity index (χ2v) is 7.56. The van der Waals surface area contributed by atoms with Crippen molar-refractivity contribution in [2.75, 3.05) is 11.8 Å². The van der Waals surface area contributed by atoms with Gasteiger partial charge in [0.1, 0.15) is 11.3 Å². The molecule has 118 valence electrons. The predicted octanol–water partition coefficient (Wildman–Crippen LogP) is 3.65. The van der Waals surface area contributed by atoms with Crippen LogP contribution in [-0.2, 0) is 10.0 Å². The second kappa shape index (κ2) is 6.32. The summed E-state index contributed by atoms with van der Waals surface area (Å²) < 4.78 is 34.3. The summed E-state index contributed by atoms with van der Waals surface area (Å²) in [6, 6.07) is 13.8. The number of benzene rings is 2. The van der Waals surface area contributed by atoms with E-state index in [2.05, 4.69) is 32.3 Å². The van der Waals surface area contributed by atoms with Crippen LogP contribution in [0.5, 0.6) is 5.75 Å². The zero-order valence-corrected chi connectivity index (χ0v) is 15.1. The van der Waals surface area contributed by atoms with Gasteiger partial charge in [-0.3, -0.25) is 9.71 Å². The van der Waals surface area contributed by atoms with Gasteiger partial charge in [0.25, 0.3) is 10.0 Å². The van der Waals surface area contributed by atoms with Crippen molar-refractivity contribution in [1.82, 2.24) is 4.98 Å². The molecular weight excluding hydrogens is 427 g/mol. The molecule has 0 aliphatic carbocycles. The molecule has 0 saturated carbocycles. The first-order valence-electron chi connectivity index (χ1n) is 6.72. The Hall–Kier alpha value is -1.87. The Morgan fingerprint density at radius 1 is 1.09 bits per heavy atom. The van der Waals surface area contributed by atoms with Gasteiger partial charge in [-0.15, -0.1) is 0 Å². The lowest BCUT2D eigenvalue weighted by atomic mass is 10.2. The van der Waals surface area contributed by atoms with E-state index in [0.717, 1.165) is 3.57 Å². The zero-order chi connectivity index (χ0) is 16.4. The molecule has 0 unspecified atom stereocenters. The van der Waals surface area contributed by atoms with E-state index in [-0.39, 0.29) is 4.90 Å².